The predicted molar refractivity (Wildman–Crippen MR) is 118 cm³/mol. The molecule has 1 atom stereocenters. The number of nitrogens with one attached hydrogen (secondary N) is 2. The Morgan fingerprint density at radius 2 is 1.75 bits per heavy atom. The number of benzene rings is 2. The lowest BCUT2D eigenvalue weighted by molar-refractivity contribution is 0.444. The number of rotatable bonds is 5. The summed E-state index contributed by atoms with van der Waals surface area (Å²) < 4.78 is 0. The number of aryl methyl sites for hydroxylation is 1. The minimum Gasteiger partial charge on any atom is -0.357 e. The molecular weight excluding hydrogens is 340 g/mol. The quantitative estimate of drug-likeness (QED) is 0.531. The third kappa shape index (κ3) is 3.63. The Bertz CT molecular complexity index is 918. The second kappa shape index (κ2) is 8.13. The van der Waals surface area contributed by atoms with Crippen LogP contribution in [0.15, 0.2) is 48.5 Å². The van der Waals surface area contributed by atoms with Crippen molar-refractivity contribution in [1.82, 2.24) is 10.3 Å². The van der Waals surface area contributed by atoms with E-state index in [1.165, 1.54) is 73.5 Å². The average Bonchev–Trinajstić information content (AvgIpc) is 3.14. The largest absolute Gasteiger partial charge is 0.357 e. The van der Waals surface area contributed by atoms with Gasteiger partial charge in [0.1, 0.15) is 0 Å². The topological polar surface area (TPSA) is 27.8 Å². The summed E-state index contributed by atoms with van der Waals surface area (Å²) in [6.07, 6.45) is 11.8. The van der Waals surface area contributed by atoms with Gasteiger partial charge in [0.15, 0.2) is 0 Å². The Balaban J connectivity index is 1.35. The smallest absolute Gasteiger partial charge is 0.0476 e. The number of H-pyrrole nitrogens is 1. The Hall–Kier alpha value is -2.06. The normalized spacial score (nSPS) is 20.4. The lowest BCUT2D eigenvalue weighted by Gasteiger charge is -2.24. The Morgan fingerprint density at radius 1 is 0.893 bits per heavy atom. The maximum atomic E-state index is 3.83. The maximum Gasteiger partial charge on any atom is 0.0476 e. The Labute approximate surface area is 168 Å². The van der Waals surface area contributed by atoms with Crippen molar-refractivity contribution >= 4 is 10.9 Å². The van der Waals surface area contributed by atoms with Gasteiger partial charge in [0.2, 0.25) is 0 Å². The summed E-state index contributed by atoms with van der Waals surface area (Å²) in [6, 6.07) is 18.5. The molecule has 2 nitrogen and oxygen atoms in total. The average molecular weight is 373 g/mol. The van der Waals surface area contributed by atoms with Crippen LogP contribution in [0, 0.1) is 0 Å². The molecule has 2 aliphatic rings. The molecule has 0 spiro atoms. The van der Waals surface area contributed by atoms with E-state index in [9.17, 15) is 0 Å². The summed E-state index contributed by atoms with van der Waals surface area (Å²) in [7, 11) is 0. The summed E-state index contributed by atoms with van der Waals surface area (Å²) in [5.74, 6) is 0.784. The molecule has 0 amide bonds. The first-order chi connectivity index (χ1) is 13.9. The van der Waals surface area contributed by atoms with Crippen LogP contribution in [0.3, 0.4) is 0 Å². The van der Waals surface area contributed by atoms with E-state index in [-0.39, 0.29) is 0 Å². The highest BCUT2D eigenvalue weighted by Crippen LogP contribution is 2.38. The molecule has 1 heterocycles. The SMILES string of the molecule is c1ccc(CCN[C@H]2CCCc3c2[nH]c2ccc(C4CCCCC4)cc32)cc1. The van der Waals surface area contributed by atoms with Crippen LogP contribution >= 0.6 is 0 Å². The molecule has 1 aromatic heterocycles. The minimum absolute atomic E-state index is 0.470. The van der Waals surface area contributed by atoms with Crippen molar-refractivity contribution in [2.24, 2.45) is 0 Å². The number of fused-ring (bicyclic) bond motifs is 3. The molecule has 0 bridgehead atoms. The van der Waals surface area contributed by atoms with E-state index in [0.29, 0.717) is 6.04 Å². The zero-order valence-corrected chi connectivity index (χ0v) is 16.8. The van der Waals surface area contributed by atoms with Crippen LogP contribution in [0.2, 0.25) is 0 Å². The Morgan fingerprint density at radius 3 is 2.61 bits per heavy atom. The summed E-state index contributed by atoms with van der Waals surface area (Å²) in [6.45, 7) is 1.04. The van der Waals surface area contributed by atoms with Gasteiger partial charge in [0.25, 0.3) is 0 Å². The molecule has 28 heavy (non-hydrogen) atoms. The second-order valence-corrected chi connectivity index (χ2v) is 8.79. The van der Waals surface area contributed by atoms with Gasteiger partial charge in [-0.1, -0.05) is 55.7 Å². The highest BCUT2D eigenvalue weighted by molar-refractivity contribution is 5.86. The van der Waals surface area contributed by atoms with Crippen LogP contribution in [-0.4, -0.2) is 11.5 Å². The lowest BCUT2D eigenvalue weighted by atomic mass is 9.83. The first kappa shape index (κ1) is 18.0. The first-order valence-corrected chi connectivity index (χ1v) is 11.3. The van der Waals surface area contributed by atoms with E-state index in [0.717, 1.165) is 18.9 Å². The van der Waals surface area contributed by atoms with Gasteiger partial charge in [-0.25, -0.2) is 0 Å². The van der Waals surface area contributed by atoms with Crippen molar-refractivity contribution in [3.05, 3.63) is 70.9 Å². The van der Waals surface area contributed by atoms with Crippen LogP contribution in [0.1, 0.15) is 79.3 Å². The van der Waals surface area contributed by atoms with E-state index >= 15 is 0 Å². The molecule has 0 radical (unpaired) electrons. The third-order valence-electron chi connectivity index (χ3n) is 6.96. The molecule has 3 aromatic rings. The summed E-state index contributed by atoms with van der Waals surface area (Å²) in [4.78, 5) is 3.78. The number of aromatic nitrogens is 1. The molecule has 0 saturated heterocycles. The van der Waals surface area contributed by atoms with Crippen LogP contribution < -0.4 is 5.32 Å². The molecule has 2 heteroatoms. The van der Waals surface area contributed by atoms with Crippen molar-refractivity contribution in [3.8, 4) is 0 Å². The first-order valence-electron chi connectivity index (χ1n) is 11.3. The predicted octanol–water partition coefficient (Wildman–Crippen LogP) is 6.43. The molecule has 2 aliphatic carbocycles. The monoisotopic (exact) mass is 372 g/mol. The molecule has 2 aromatic carbocycles. The van der Waals surface area contributed by atoms with E-state index in [2.05, 4.69) is 58.8 Å². The summed E-state index contributed by atoms with van der Waals surface area (Å²) in [5.41, 5.74) is 7.36. The van der Waals surface area contributed by atoms with Gasteiger partial charge in [-0.05, 0) is 79.8 Å². The fourth-order valence-corrected chi connectivity index (χ4v) is 5.41. The van der Waals surface area contributed by atoms with Gasteiger partial charge < -0.3 is 10.3 Å². The van der Waals surface area contributed by atoms with Gasteiger partial charge in [0, 0.05) is 22.6 Å². The number of aromatic amines is 1. The van der Waals surface area contributed by atoms with Gasteiger partial charge >= 0.3 is 0 Å². The highest BCUT2D eigenvalue weighted by Gasteiger charge is 2.24. The minimum atomic E-state index is 0.470. The van der Waals surface area contributed by atoms with Gasteiger partial charge in [0.05, 0.1) is 0 Å². The van der Waals surface area contributed by atoms with Gasteiger partial charge in [-0.3, -0.25) is 0 Å². The van der Waals surface area contributed by atoms with Crippen LogP contribution in [0.4, 0.5) is 0 Å². The lowest BCUT2D eigenvalue weighted by Crippen LogP contribution is -2.27. The summed E-state index contributed by atoms with van der Waals surface area (Å²) in [5, 5.41) is 5.33. The van der Waals surface area contributed by atoms with Crippen molar-refractivity contribution in [2.75, 3.05) is 6.54 Å². The zero-order chi connectivity index (χ0) is 18.8. The molecule has 146 valence electrons. The van der Waals surface area contributed by atoms with Crippen molar-refractivity contribution in [3.63, 3.8) is 0 Å². The van der Waals surface area contributed by atoms with E-state index in [1.54, 1.807) is 11.1 Å². The number of hydrogen-bond donors (Lipinski definition) is 2. The van der Waals surface area contributed by atoms with Crippen LogP contribution in [0.5, 0.6) is 0 Å². The molecule has 5 rings (SSSR count). The third-order valence-corrected chi connectivity index (χ3v) is 6.96. The fraction of sp³-hybridized carbons (Fsp3) is 0.462. The van der Waals surface area contributed by atoms with Gasteiger partial charge in [-0.15, -0.1) is 0 Å². The fourth-order valence-electron chi connectivity index (χ4n) is 5.41. The summed E-state index contributed by atoms with van der Waals surface area (Å²) >= 11 is 0. The standard InChI is InChI=1S/C26H32N2/c1-3-8-19(9-4-1)16-17-27-25-13-7-12-22-23-18-21(20-10-5-2-6-11-20)14-15-24(23)28-26(22)25/h1,3-4,8-9,14-15,18,20,25,27-28H,2,5-7,10-13,16-17H2/t25-/m0/s1. The van der Waals surface area contributed by atoms with Crippen LogP contribution in [0.25, 0.3) is 10.9 Å². The molecule has 1 fully saturated rings. The van der Waals surface area contributed by atoms with Crippen molar-refractivity contribution < 1.29 is 0 Å². The van der Waals surface area contributed by atoms with E-state index < -0.39 is 0 Å². The molecule has 1 saturated carbocycles. The highest BCUT2D eigenvalue weighted by atomic mass is 14.9. The second-order valence-electron chi connectivity index (χ2n) is 8.79. The molecule has 2 N–H and O–H groups in total. The number of hydrogen-bond acceptors (Lipinski definition) is 1. The van der Waals surface area contributed by atoms with Gasteiger partial charge in [-0.2, -0.15) is 0 Å². The van der Waals surface area contributed by atoms with E-state index in [1.807, 2.05) is 0 Å². The Kier molecular flexibility index (Phi) is 5.22. The van der Waals surface area contributed by atoms with Crippen molar-refractivity contribution in [1.29, 1.82) is 0 Å². The zero-order valence-electron chi connectivity index (χ0n) is 16.8. The maximum absolute atomic E-state index is 3.83. The van der Waals surface area contributed by atoms with Crippen molar-refractivity contribution in [2.45, 2.75) is 69.7 Å². The molecule has 0 aliphatic heterocycles. The van der Waals surface area contributed by atoms with Crippen LogP contribution in [-0.2, 0) is 12.8 Å². The van der Waals surface area contributed by atoms with E-state index in [4.69, 9.17) is 0 Å². The molecule has 0 unspecified atom stereocenters. The molecular formula is C26H32N2.